The van der Waals surface area contributed by atoms with Crippen LogP contribution in [0.2, 0.25) is 0 Å². The Labute approximate surface area is 575 Å². The van der Waals surface area contributed by atoms with Gasteiger partial charge in [-0.2, -0.15) is 0 Å². The van der Waals surface area contributed by atoms with E-state index in [9.17, 15) is 47.9 Å². The van der Waals surface area contributed by atoms with E-state index in [2.05, 4.69) is 47.5 Å². The van der Waals surface area contributed by atoms with Gasteiger partial charge in [-0.1, -0.05) is 97.4 Å². The average molecular weight is 1370 g/mol. The normalized spacial score (nSPS) is 17.4. The van der Waals surface area contributed by atoms with E-state index >= 15 is 0 Å². The Morgan fingerprint density at radius 2 is 1.45 bits per heavy atom. The predicted molar refractivity (Wildman–Crippen MR) is 368 cm³/mol. The predicted octanol–water partition coefficient (Wildman–Crippen LogP) is 4.97. The molecule has 2 aliphatic rings. The summed E-state index contributed by atoms with van der Waals surface area (Å²) in [7, 11) is 4.69. The first-order valence-corrected chi connectivity index (χ1v) is 34.6. The highest BCUT2D eigenvalue weighted by atomic mass is 32.1. The minimum atomic E-state index is -1.60. The summed E-state index contributed by atoms with van der Waals surface area (Å²) in [6, 6.07) is 9.70. The molecular formula is C69H107N13O14S. The molecule has 28 heteroatoms. The summed E-state index contributed by atoms with van der Waals surface area (Å²) in [5.74, 6) is -5.42. The van der Waals surface area contributed by atoms with Crippen molar-refractivity contribution in [3.8, 4) is 0 Å². The summed E-state index contributed by atoms with van der Waals surface area (Å²) in [4.78, 5) is 145. The minimum Gasteiger partial charge on any atom is -0.445 e. The van der Waals surface area contributed by atoms with Gasteiger partial charge < -0.3 is 82.7 Å². The lowest BCUT2D eigenvalue weighted by Gasteiger charge is -2.41. The van der Waals surface area contributed by atoms with E-state index in [1.807, 2.05) is 56.5 Å². The molecule has 2 aliphatic heterocycles. The molecule has 2 saturated heterocycles. The molecule has 1 aromatic heterocycles. The van der Waals surface area contributed by atoms with Crippen molar-refractivity contribution < 1.29 is 66.9 Å². The van der Waals surface area contributed by atoms with Gasteiger partial charge in [0, 0.05) is 51.6 Å². The molecule has 0 unspecified atom stereocenters. The van der Waals surface area contributed by atoms with Gasteiger partial charge in [0.25, 0.3) is 0 Å². The van der Waals surface area contributed by atoms with Gasteiger partial charge in [-0.05, 0) is 120 Å². The molecule has 538 valence electrons. The van der Waals surface area contributed by atoms with Gasteiger partial charge in [-0.25, -0.2) is 14.6 Å². The Kier molecular flexibility index (Phi) is 31.6. The Hall–Kier alpha value is -7.79. The lowest BCUT2D eigenvalue weighted by Crippen LogP contribution is -2.62. The van der Waals surface area contributed by atoms with Crippen LogP contribution in [0, 0.1) is 29.1 Å². The minimum absolute atomic E-state index is 0.0576. The molecule has 2 fully saturated rings. The van der Waals surface area contributed by atoms with E-state index in [0.29, 0.717) is 62.9 Å². The maximum Gasteiger partial charge on any atom is 0.408 e. The number of unbranched alkanes of at least 4 members (excludes halogenated alkanes) is 1. The van der Waals surface area contributed by atoms with E-state index in [1.165, 1.54) is 32.3 Å². The molecule has 12 N–H and O–H groups in total. The topological polar surface area (TPSA) is 375 Å². The second-order valence-corrected chi connectivity index (χ2v) is 27.9. The number of likely N-dealkylation sites (tertiary alicyclic amines) is 1. The van der Waals surface area contributed by atoms with E-state index in [0.717, 1.165) is 10.6 Å². The SMILES string of the molecule is CC[C@H](C)[C@@H]([C@@H](CC(=O)N1CCC[C@H]1[C@H](OC)[C@@H](C)C(=O)N[C@@H](Cc1ccccc1)c1nccs1)OC)N(C)C(=O)[C@@H](NC(=O)C(C)(C)NC(=O)OCc1ccc(NC(=O)[C@H](CCCNC(N)=O)NC(=O)[C@@H](NC(=O)[C@H](CCCCN)NC(=O)C2(C)COC2)C(C)C)cc1)C(C)C. The van der Waals surface area contributed by atoms with E-state index in [-0.39, 0.29) is 81.7 Å². The molecule has 0 aliphatic carbocycles. The van der Waals surface area contributed by atoms with Crippen LogP contribution in [-0.2, 0) is 70.3 Å². The lowest BCUT2D eigenvalue weighted by atomic mass is 9.87. The van der Waals surface area contributed by atoms with Crippen molar-refractivity contribution >= 4 is 76.4 Å². The number of alkyl carbamates (subject to hydrolysis) is 1. The number of methoxy groups -OCH3 is 2. The Bertz CT molecular complexity index is 3060. The van der Waals surface area contributed by atoms with Crippen LogP contribution in [0.4, 0.5) is 15.3 Å². The van der Waals surface area contributed by atoms with Crippen LogP contribution in [0.25, 0.3) is 0 Å². The summed E-state index contributed by atoms with van der Waals surface area (Å²) in [5, 5.41) is 25.0. The van der Waals surface area contributed by atoms with E-state index in [1.54, 1.807) is 89.0 Å². The van der Waals surface area contributed by atoms with Crippen LogP contribution < -0.4 is 54.0 Å². The molecule has 3 aromatic rings. The number of ether oxygens (including phenoxy) is 4. The van der Waals surface area contributed by atoms with Gasteiger partial charge in [0.2, 0.25) is 47.3 Å². The Morgan fingerprint density at radius 3 is 2.03 bits per heavy atom. The fourth-order valence-electron chi connectivity index (χ4n) is 12.0. The molecule has 11 amide bonds. The molecule has 27 nitrogen and oxygen atoms in total. The van der Waals surface area contributed by atoms with Crippen LogP contribution in [0.15, 0.2) is 66.2 Å². The molecule has 0 saturated carbocycles. The number of hydrogen-bond acceptors (Lipinski definition) is 17. The number of anilines is 1. The van der Waals surface area contributed by atoms with E-state index < -0.39 is 119 Å². The summed E-state index contributed by atoms with van der Waals surface area (Å²) >= 11 is 1.47. The zero-order chi connectivity index (χ0) is 71.7. The van der Waals surface area contributed by atoms with Crippen molar-refractivity contribution in [1.29, 1.82) is 0 Å². The van der Waals surface area contributed by atoms with Crippen molar-refractivity contribution in [2.24, 2.45) is 40.6 Å². The van der Waals surface area contributed by atoms with Crippen LogP contribution in [-0.4, -0.2) is 182 Å². The molecule has 0 bridgehead atoms. The number of nitrogens with zero attached hydrogens (tertiary/aromatic N) is 3. The molecule has 3 heterocycles. The fourth-order valence-corrected chi connectivity index (χ4v) is 12.7. The van der Waals surface area contributed by atoms with Crippen molar-refractivity contribution in [1.82, 2.24) is 52.0 Å². The number of nitrogens with two attached hydrogens (primary N) is 2. The summed E-state index contributed by atoms with van der Waals surface area (Å²) in [5.41, 5.74) is 10.5. The molecule has 5 rings (SSSR count). The van der Waals surface area contributed by atoms with Gasteiger partial charge >= 0.3 is 12.1 Å². The third-order valence-corrected chi connectivity index (χ3v) is 19.1. The number of nitrogens with one attached hydrogen (secondary N) is 8. The third kappa shape index (κ3) is 23.4. The summed E-state index contributed by atoms with van der Waals surface area (Å²) in [6.07, 6.45) is 3.49. The summed E-state index contributed by atoms with van der Waals surface area (Å²) < 4.78 is 23.0. The first-order valence-electron chi connectivity index (χ1n) is 33.7. The maximum atomic E-state index is 14.7. The molecule has 2 aromatic carbocycles. The molecule has 0 radical (unpaired) electrons. The first kappa shape index (κ1) is 79.9. The smallest absolute Gasteiger partial charge is 0.408 e. The zero-order valence-corrected chi connectivity index (χ0v) is 59.6. The fraction of sp³-hybridized carbons (Fsp3) is 0.638. The lowest BCUT2D eigenvalue weighted by molar-refractivity contribution is -0.159. The molecular weight excluding hydrogens is 1270 g/mol. The number of likely N-dealkylation sites (N-methyl/N-ethyl adjacent to an activating group) is 1. The number of amides is 11. The number of urea groups is 1. The number of benzene rings is 2. The van der Waals surface area contributed by atoms with Gasteiger partial charge in [-0.3, -0.25) is 38.4 Å². The second kappa shape index (κ2) is 38.4. The standard InChI is InChI=1S/C69H107N13O14S/c1-14-43(6)56(52(93-12)37-53(83)82-34-21-26-51(82)57(94-13)44(7)58(84)76-50(62-72-33-35-97-62)36-45-22-16-15-17-23-45)81(11)63(88)55(42(4)5)79-64(89)68(8,9)80-67(92)96-38-46-27-29-47(30-28-46)74-59(85)48(25-20-32-73-66(71)91)75-61(87)54(41(2)3)78-60(86)49(24-18-19-31-70)77-65(90)69(10)39-95-40-69/h15-17,22-23,27-30,33,35,41-44,48-52,54-57H,14,18-21,24-26,31-32,34,36-40,70H2,1-13H3,(H,74,85)(H,75,87)(H,76,84)(H,77,90)(H,78,86)(H,79,89)(H,80,92)(H3,71,73,91)/t43-,44+,48-,49-,50-,51-,52+,54-,55-,56-,57+/m0/s1. The second-order valence-electron chi connectivity index (χ2n) is 27.0. The van der Waals surface area contributed by atoms with Crippen molar-refractivity contribution in [3.63, 3.8) is 0 Å². The number of rotatable bonds is 39. The average Bonchev–Trinajstić information content (AvgIpc) is 1.56. The molecule has 0 spiro atoms. The molecule has 97 heavy (non-hydrogen) atoms. The number of aromatic nitrogens is 1. The van der Waals surface area contributed by atoms with Crippen molar-refractivity contribution in [2.45, 2.75) is 200 Å². The van der Waals surface area contributed by atoms with Crippen LogP contribution in [0.1, 0.15) is 149 Å². The largest absolute Gasteiger partial charge is 0.445 e. The number of primary amides is 1. The van der Waals surface area contributed by atoms with Crippen LogP contribution >= 0.6 is 11.3 Å². The van der Waals surface area contributed by atoms with Crippen LogP contribution in [0.5, 0.6) is 0 Å². The number of hydrogen-bond donors (Lipinski definition) is 10. The molecule has 11 atom stereocenters. The number of carbonyl (C=O) groups excluding carboxylic acids is 10. The van der Waals surface area contributed by atoms with Gasteiger partial charge in [0.05, 0.1) is 61.3 Å². The van der Waals surface area contributed by atoms with Crippen LogP contribution in [0.3, 0.4) is 0 Å². The Morgan fingerprint density at radius 1 is 0.794 bits per heavy atom. The van der Waals surface area contributed by atoms with Crippen molar-refractivity contribution in [3.05, 3.63) is 82.3 Å². The highest BCUT2D eigenvalue weighted by molar-refractivity contribution is 7.09. The van der Waals surface area contributed by atoms with Gasteiger partial charge in [0.1, 0.15) is 41.3 Å². The first-order chi connectivity index (χ1) is 46.0. The highest BCUT2D eigenvalue weighted by Crippen LogP contribution is 2.32. The maximum absolute atomic E-state index is 14.7. The van der Waals surface area contributed by atoms with Gasteiger partial charge in [0.15, 0.2) is 0 Å². The van der Waals surface area contributed by atoms with E-state index in [4.69, 9.17) is 30.4 Å². The number of carbonyl (C=O) groups is 10. The highest BCUT2D eigenvalue weighted by Gasteiger charge is 2.46. The van der Waals surface area contributed by atoms with Gasteiger partial charge in [-0.15, -0.1) is 11.3 Å². The summed E-state index contributed by atoms with van der Waals surface area (Å²) in [6.45, 7) is 18.6. The monoisotopic (exact) mass is 1370 g/mol. The number of thiazole rings is 1. The quantitative estimate of drug-likeness (QED) is 0.0337. The Balaban J connectivity index is 1.18. The van der Waals surface area contributed by atoms with Crippen molar-refractivity contribution in [2.75, 3.05) is 59.4 Å². The zero-order valence-electron chi connectivity index (χ0n) is 58.8. The third-order valence-electron chi connectivity index (χ3n) is 18.2.